The number of allylic oxidation sites excluding steroid dienone is 3. The van der Waals surface area contributed by atoms with Gasteiger partial charge in [0.2, 0.25) is 0 Å². The predicted octanol–water partition coefficient (Wildman–Crippen LogP) is 5.57. The summed E-state index contributed by atoms with van der Waals surface area (Å²) < 4.78 is 5.72. The van der Waals surface area contributed by atoms with Gasteiger partial charge in [-0.15, -0.1) is 11.6 Å². The standard InChI is InChI=1S/C20H18Cl2O2/c21-16-9-11-19(17(22)13-16)24-20-10-8-15(12-18(20)23)7-6-14-4-2-1-3-5-14/h1-5,8,10-13,16,23H,6-7,9H2. The number of benzene rings is 2. The zero-order chi connectivity index (χ0) is 16.9. The molecule has 124 valence electrons. The van der Waals surface area contributed by atoms with E-state index in [2.05, 4.69) is 12.1 Å². The molecule has 24 heavy (non-hydrogen) atoms. The molecule has 0 fully saturated rings. The van der Waals surface area contributed by atoms with Gasteiger partial charge in [0, 0.05) is 0 Å². The number of alkyl halides is 1. The fourth-order valence-corrected chi connectivity index (χ4v) is 3.12. The quantitative estimate of drug-likeness (QED) is 0.705. The normalized spacial score (nSPS) is 17.2. The fourth-order valence-electron chi connectivity index (χ4n) is 2.57. The SMILES string of the molecule is Oc1cc(CCc2ccccc2)ccc1OC1=CCC(Cl)C=C1Cl. The first-order valence-corrected chi connectivity index (χ1v) is 8.69. The maximum Gasteiger partial charge on any atom is 0.169 e. The average molecular weight is 361 g/mol. The number of aromatic hydroxyl groups is 1. The van der Waals surface area contributed by atoms with Gasteiger partial charge in [-0.3, -0.25) is 0 Å². The molecule has 0 saturated carbocycles. The smallest absolute Gasteiger partial charge is 0.169 e. The Hall–Kier alpha value is -1.90. The molecule has 0 saturated heterocycles. The molecule has 1 N–H and O–H groups in total. The van der Waals surface area contributed by atoms with Crippen molar-refractivity contribution >= 4 is 23.2 Å². The third-order valence-corrected chi connectivity index (χ3v) is 4.50. The molecule has 0 radical (unpaired) electrons. The number of rotatable bonds is 5. The summed E-state index contributed by atoms with van der Waals surface area (Å²) in [4.78, 5) is 0. The van der Waals surface area contributed by atoms with E-state index in [1.165, 1.54) is 5.56 Å². The minimum atomic E-state index is -0.112. The van der Waals surface area contributed by atoms with Crippen molar-refractivity contribution in [3.63, 3.8) is 0 Å². The third kappa shape index (κ3) is 4.34. The van der Waals surface area contributed by atoms with E-state index in [0.717, 1.165) is 18.4 Å². The van der Waals surface area contributed by atoms with Crippen LogP contribution in [0.2, 0.25) is 0 Å². The number of halogens is 2. The molecule has 2 aromatic rings. The van der Waals surface area contributed by atoms with Crippen molar-refractivity contribution in [2.24, 2.45) is 0 Å². The Bertz CT molecular complexity index is 766. The van der Waals surface area contributed by atoms with E-state index >= 15 is 0 Å². The van der Waals surface area contributed by atoms with Crippen LogP contribution in [-0.4, -0.2) is 10.5 Å². The summed E-state index contributed by atoms with van der Waals surface area (Å²) in [5.41, 5.74) is 2.33. The van der Waals surface area contributed by atoms with Gasteiger partial charge < -0.3 is 9.84 Å². The lowest BCUT2D eigenvalue weighted by molar-refractivity contribution is 0.387. The van der Waals surface area contributed by atoms with Crippen LogP contribution in [0.3, 0.4) is 0 Å². The van der Waals surface area contributed by atoms with E-state index in [9.17, 15) is 5.11 Å². The van der Waals surface area contributed by atoms with Gasteiger partial charge in [0.05, 0.1) is 10.4 Å². The second kappa shape index (κ2) is 7.78. The molecule has 2 aromatic carbocycles. The molecule has 0 aliphatic heterocycles. The zero-order valence-electron chi connectivity index (χ0n) is 13.1. The monoisotopic (exact) mass is 360 g/mol. The number of hydrogen-bond acceptors (Lipinski definition) is 2. The summed E-state index contributed by atoms with van der Waals surface area (Å²) in [6.45, 7) is 0. The Labute approximate surface area is 152 Å². The Morgan fingerprint density at radius 2 is 1.79 bits per heavy atom. The summed E-state index contributed by atoms with van der Waals surface area (Å²) in [6.07, 6.45) is 6.02. The largest absolute Gasteiger partial charge is 0.504 e. The van der Waals surface area contributed by atoms with Crippen molar-refractivity contribution in [3.8, 4) is 11.5 Å². The fraction of sp³-hybridized carbons (Fsp3) is 0.200. The maximum atomic E-state index is 10.2. The molecule has 0 bridgehead atoms. The van der Waals surface area contributed by atoms with Gasteiger partial charge >= 0.3 is 0 Å². The minimum Gasteiger partial charge on any atom is -0.504 e. The van der Waals surface area contributed by atoms with Crippen LogP contribution in [0.4, 0.5) is 0 Å². The van der Waals surface area contributed by atoms with Crippen molar-refractivity contribution in [2.45, 2.75) is 24.6 Å². The van der Waals surface area contributed by atoms with Crippen LogP contribution in [0.1, 0.15) is 17.5 Å². The van der Waals surface area contributed by atoms with Crippen molar-refractivity contribution in [3.05, 3.63) is 82.6 Å². The van der Waals surface area contributed by atoms with Crippen LogP contribution >= 0.6 is 23.2 Å². The highest BCUT2D eigenvalue weighted by Gasteiger charge is 2.16. The van der Waals surface area contributed by atoms with Crippen LogP contribution in [0.15, 0.2) is 71.5 Å². The van der Waals surface area contributed by atoms with Crippen LogP contribution < -0.4 is 4.74 Å². The molecular formula is C20H18Cl2O2. The molecule has 1 aliphatic rings. The van der Waals surface area contributed by atoms with Gasteiger partial charge in [-0.1, -0.05) is 48.0 Å². The maximum absolute atomic E-state index is 10.2. The molecule has 0 heterocycles. The third-order valence-electron chi connectivity index (χ3n) is 3.88. The molecule has 2 nitrogen and oxygen atoms in total. The molecule has 1 unspecified atom stereocenters. The van der Waals surface area contributed by atoms with Crippen molar-refractivity contribution in [2.75, 3.05) is 0 Å². The van der Waals surface area contributed by atoms with Gasteiger partial charge in [0.15, 0.2) is 11.5 Å². The van der Waals surface area contributed by atoms with Gasteiger partial charge in [-0.25, -0.2) is 0 Å². The first-order chi connectivity index (χ1) is 11.6. The summed E-state index contributed by atoms with van der Waals surface area (Å²) in [5.74, 6) is 1.03. The lowest BCUT2D eigenvalue weighted by Crippen LogP contribution is -2.05. The van der Waals surface area contributed by atoms with Crippen molar-refractivity contribution in [1.29, 1.82) is 0 Å². The summed E-state index contributed by atoms with van der Waals surface area (Å²) in [5, 5.41) is 10.6. The lowest BCUT2D eigenvalue weighted by atomic mass is 10.0. The van der Waals surface area contributed by atoms with Gasteiger partial charge in [-0.05, 0) is 54.7 Å². The lowest BCUT2D eigenvalue weighted by Gasteiger charge is -2.16. The highest BCUT2D eigenvalue weighted by Crippen LogP contribution is 2.33. The Morgan fingerprint density at radius 3 is 2.50 bits per heavy atom. The molecule has 1 aliphatic carbocycles. The number of phenolic OH excluding ortho intramolecular Hbond substituents is 1. The van der Waals surface area contributed by atoms with Crippen LogP contribution in [-0.2, 0) is 12.8 Å². The molecule has 3 rings (SSSR count). The minimum absolute atomic E-state index is 0.110. The summed E-state index contributed by atoms with van der Waals surface area (Å²) in [6, 6.07) is 15.7. The van der Waals surface area contributed by atoms with E-state index in [1.807, 2.05) is 30.3 Å². The molecule has 4 heteroatoms. The first-order valence-electron chi connectivity index (χ1n) is 7.87. The highest BCUT2D eigenvalue weighted by atomic mass is 35.5. The van der Waals surface area contributed by atoms with Gasteiger partial charge in [0.25, 0.3) is 0 Å². The molecule has 1 atom stereocenters. The van der Waals surface area contributed by atoms with Crippen LogP contribution in [0.25, 0.3) is 0 Å². The number of aryl methyl sites for hydroxylation is 2. The van der Waals surface area contributed by atoms with E-state index < -0.39 is 0 Å². The summed E-state index contributed by atoms with van der Waals surface area (Å²) >= 11 is 12.1. The molecule has 0 amide bonds. The number of phenols is 1. The van der Waals surface area contributed by atoms with E-state index in [1.54, 1.807) is 18.2 Å². The number of hydrogen-bond donors (Lipinski definition) is 1. The highest BCUT2D eigenvalue weighted by molar-refractivity contribution is 6.33. The van der Waals surface area contributed by atoms with Crippen molar-refractivity contribution in [1.82, 2.24) is 0 Å². The van der Waals surface area contributed by atoms with Crippen LogP contribution in [0, 0.1) is 0 Å². The van der Waals surface area contributed by atoms with E-state index in [4.69, 9.17) is 27.9 Å². The van der Waals surface area contributed by atoms with E-state index in [0.29, 0.717) is 23.0 Å². The average Bonchev–Trinajstić information content (AvgIpc) is 2.58. The Morgan fingerprint density at radius 1 is 1.04 bits per heavy atom. The first kappa shape index (κ1) is 16.9. The predicted molar refractivity (Wildman–Crippen MR) is 98.9 cm³/mol. The second-order valence-electron chi connectivity index (χ2n) is 5.72. The zero-order valence-corrected chi connectivity index (χ0v) is 14.6. The number of ether oxygens (including phenoxy) is 1. The van der Waals surface area contributed by atoms with Crippen molar-refractivity contribution < 1.29 is 9.84 Å². The molecular weight excluding hydrogens is 343 g/mol. The van der Waals surface area contributed by atoms with Gasteiger partial charge in [-0.2, -0.15) is 0 Å². The second-order valence-corrected chi connectivity index (χ2v) is 6.69. The summed E-state index contributed by atoms with van der Waals surface area (Å²) in [7, 11) is 0. The Balaban J connectivity index is 1.66. The molecule has 0 aromatic heterocycles. The van der Waals surface area contributed by atoms with Gasteiger partial charge in [0.1, 0.15) is 5.76 Å². The topological polar surface area (TPSA) is 29.5 Å². The van der Waals surface area contributed by atoms with E-state index in [-0.39, 0.29) is 11.1 Å². The van der Waals surface area contributed by atoms with Crippen LogP contribution in [0.5, 0.6) is 11.5 Å². The Kier molecular flexibility index (Phi) is 5.49. The molecule has 0 spiro atoms.